The third-order valence-corrected chi connectivity index (χ3v) is 2.40. The zero-order valence-corrected chi connectivity index (χ0v) is 8.90. The molecule has 3 aromatic heterocycles. The summed E-state index contributed by atoms with van der Waals surface area (Å²) in [6.07, 6.45) is 3.11. The molecule has 0 unspecified atom stereocenters. The molecule has 0 aromatic carbocycles. The van der Waals surface area contributed by atoms with Gasteiger partial charge in [-0.3, -0.25) is 4.79 Å². The van der Waals surface area contributed by atoms with E-state index in [0.29, 0.717) is 16.9 Å². The van der Waals surface area contributed by atoms with Crippen LogP contribution in [0.25, 0.3) is 11.0 Å². The van der Waals surface area contributed by atoms with E-state index < -0.39 is 0 Å². The molecule has 3 aromatic rings. The lowest BCUT2D eigenvalue weighted by atomic mass is 10.4. The molecule has 86 valence electrons. The Morgan fingerprint density at radius 3 is 3.12 bits per heavy atom. The average molecular weight is 232 g/mol. The van der Waals surface area contributed by atoms with Crippen LogP contribution in [0.5, 0.6) is 0 Å². The number of aromatic nitrogens is 8. The zero-order chi connectivity index (χ0) is 11.8. The number of aryl methyl sites for hydroxylation is 1. The Hall–Kier alpha value is -2.58. The summed E-state index contributed by atoms with van der Waals surface area (Å²) in [4.78, 5) is 16.1. The minimum Gasteiger partial charge on any atom is -0.329 e. The van der Waals surface area contributed by atoms with Gasteiger partial charge in [-0.1, -0.05) is 5.21 Å². The molecule has 0 radical (unpaired) electrons. The van der Waals surface area contributed by atoms with Crippen molar-refractivity contribution in [3.63, 3.8) is 0 Å². The summed E-state index contributed by atoms with van der Waals surface area (Å²) in [5.74, 6) is 0.404. The van der Waals surface area contributed by atoms with Crippen LogP contribution in [0.4, 0.5) is 0 Å². The molecule has 0 amide bonds. The first kappa shape index (κ1) is 9.63. The van der Waals surface area contributed by atoms with Gasteiger partial charge in [0, 0.05) is 7.05 Å². The highest BCUT2D eigenvalue weighted by Gasteiger charge is 2.10. The quantitative estimate of drug-likeness (QED) is 0.588. The van der Waals surface area contributed by atoms with Gasteiger partial charge in [0.1, 0.15) is 17.6 Å². The van der Waals surface area contributed by atoms with Gasteiger partial charge < -0.3 is 4.57 Å². The number of aromatic amines is 1. The number of nitrogens with one attached hydrogen (secondary N) is 1. The van der Waals surface area contributed by atoms with E-state index in [1.54, 1.807) is 17.9 Å². The van der Waals surface area contributed by atoms with Gasteiger partial charge in [0.15, 0.2) is 5.82 Å². The summed E-state index contributed by atoms with van der Waals surface area (Å²) < 4.78 is 2.93. The number of rotatable bonds is 2. The Morgan fingerprint density at radius 1 is 1.47 bits per heavy atom. The largest absolute Gasteiger partial charge is 0.329 e. The van der Waals surface area contributed by atoms with E-state index in [-0.39, 0.29) is 12.1 Å². The fourth-order valence-corrected chi connectivity index (χ4v) is 1.60. The lowest BCUT2D eigenvalue weighted by Crippen LogP contribution is -2.25. The van der Waals surface area contributed by atoms with Crippen LogP contribution in [0.1, 0.15) is 5.82 Å². The number of imidazole rings is 1. The Bertz CT molecular complexity index is 709. The first-order chi connectivity index (χ1) is 8.25. The van der Waals surface area contributed by atoms with Crippen molar-refractivity contribution in [2.75, 3.05) is 0 Å². The highest BCUT2D eigenvalue weighted by Crippen LogP contribution is 2.03. The normalized spacial score (nSPS) is 11.1. The van der Waals surface area contributed by atoms with Crippen LogP contribution in [0, 0.1) is 0 Å². The summed E-state index contributed by atoms with van der Waals surface area (Å²) in [5, 5.41) is 17.3. The maximum absolute atomic E-state index is 12.1. The fraction of sp³-hybridized carbons (Fsp3) is 0.250. The minimum atomic E-state index is -0.229. The van der Waals surface area contributed by atoms with Gasteiger partial charge in [0.25, 0.3) is 5.56 Å². The van der Waals surface area contributed by atoms with E-state index in [4.69, 9.17) is 0 Å². The monoisotopic (exact) mass is 232 g/mol. The van der Waals surface area contributed by atoms with Gasteiger partial charge in [-0.05, 0) is 0 Å². The highest BCUT2D eigenvalue weighted by atomic mass is 16.1. The minimum absolute atomic E-state index is 0.177. The highest BCUT2D eigenvalue weighted by molar-refractivity contribution is 5.72. The Balaban J connectivity index is 2.14. The SMILES string of the molecule is Cn1cnc2cnn(Cc3nn[nH]n3)c(=O)c21. The van der Waals surface area contributed by atoms with Crippen LogP contribution < -0.4 is 5.56 Å². The molecule has 0 aliphatic rings. The average Bonchev–Trinajstić information content (AvgIpc) is 2.93. The maximum Gasteiger partial charge on any atom is 0.293 e. The van der Waals surface area contributed by atoms with Crippen molar-refractivity contribution in [3.05, 3.63) is 28.7 Å². The van der Waals surface area contributed by atoms with Crippen molar-refractivity contribution < 1.29 is 0 Å². The third kappa shape index (κ3) is 1.48. The fourth-order valence-electron chi connectivity index (χ4n) is 1.60. The van der Waals surface area contributed by atoms with Crippen molar-refractivity contribution in [2.24, 2.45) is 7.05 Å². The lowest BCUT2D eigenvalue weighted by molar-refractivity contribution is 0.619. The predicted molar refractivity (Wildman–Crippen MR) is 56.0 cm³/mol. The topological polar surface area (TPSA) is 107 Å². The van der Waals surface area contributed by atoms with Crippen LogP contribution in [0.3, 0.4) is 0 Å². The smallest absolute Gasteiger partial charge is 0.293 e. The standard InChI is InChI=1S/C8H8N8O/c1-15-4-9-5-2-10-16(8(17)7(5)15)3-6-11-13-14-12-6/h2,4H,3H2,1H3,(H,11,12,13,14). The van der Waals surface area contributed by atoms with Crippen LogP contribution in [0.15, 0.2) is 17.3 Å². The Morgan fingerprint density at radius 2 is 2.35 bits per heavy atom. The number of fused-ring (bicyclic) bond motifs is 1. The second kappa shape index (κ2) is 3.47. The molecule has 0 atom stereocenters. The second-order valence-corrected chi connectivity index (χ2v) is 3.52. The maximum atomic E-state index is 12.1. The molecule has 1 N–H and O–H groups in total. The predicted octanol–water partition coefficient (Wildman–Crippen LogP) is -1.31. The molecule has 9 nitrogen and oxygen atoms in total. The van der Waals surface area contributed by atoms with E-state index in [2.05, 4.69) is 30.7 Å². The molecule has 17 heavy (non-hydrogen) atoms. The summed E-state index contributed by atoms with van der Waals surface area (Å²) in [6.45, 7) is 0.177. The molecule has 0 saturated heterocycles. The van der Waals surface area contributed by atoms with Gasteiger partial charge in [0.05, 0.1) is 12.5 Å². The number of H-pyrrole nitrogens is 1. The van der Waals surface area contributed by atoms with E-state index in [1.165, 1.54) is 10.9 Å². The van der Waals surface area contributed by atoms with Gasteiger partial charge in [-0.15, -0.1) is 10.2 Å². The molecule has 9 heteroatoms. The molecule has 0 spiro atoms. The molecule has 0 fully saturated rings. The first-order valence-corrected chi connectivity index (χ1v) is 4.85. The molecule has 0 bridgehead atoms. The molecular weight excluding hydrogens is 224 g/mol. The summed E-state index contributed by atoms with van der Waals surface area (Å²) in [7, 11) is 1.76. The number of tetrazole rings is 1. The van der Waals surface area contributed by atoms with Crippen LogP contribution >= 0.6 is 0 Å². The van der Waals surface area contributed by atoms with Gasteiger partial charge >= 0.3 is 0 Å². The molecular formula is C8H8N8O. The van der Waals surface area contributed by atoms with E-state index in [1.807, 2.05) is 0 Å². The Labute approximate surface area is 94.1 Å². The second-order valence-electron chi connectivity index (χ2n) is 3.52. The van der Waals surface area contributed by atoms with Crippen LogP contribution in [-0.2, 0) is 13.6 Å². The molecule has 0 aliphatic carbocycles. The van der Waals surface area contributed by atoms with E-state index >= 15 is 0 Å². The van der Waals surface area contributed by atoms with Crippen molar-refractivity contribution in [1.82, 2.24) is 40.0 Å². The summed E-state index contributed by atoms with van der Waals surface area (Å²) in [6, 6.07) is 0. The first-order valence-electron chi connectivity index (χ1n) is 4.85. The Kier molecular flexibility index (Phi) is 1.97. The molecule has 3 heterocycles. The zero-order valence-electron chi connectivity index (χ0n) is 8.90. The third-order valence-electron chi connectivity index (χ3n) is 2.40. The number of hydrogen-bond acceptors (Lipinski definition) is 6. The van der Waals surface area contributed by atoms with E-state index in [9.17, 15) is 4.79 Å². The van der Waals surface area contributed by atoms with Crippen LogP contribution in [0.2, 0.25) is 0 Å². The number of nitrogens with zero attached hydrogens (tertiary/aromatic N) is 7. The molecule has 0 saturated carbocycles. The molecule has 0 aliphatic heterocycles. The van der Waals surface area contributed by atoms with Crippen molar-refractivity contribution in [2.45, 2.75) is 6.54 Å². The van der Waals surface area contributed by atoms with Crippen molar-refractivity contribution in [1.29, 1.82) is 0 Å². The van der Waals surface area contributed by atoms with Gasteiger partial charge in [-0.2, -0.15) is 10.3 Å². The van der Waals surface area contributed by atoms with Crippen molar-refractivity contribution >= 4 is 11.0 Å². The van der Waals surface area contributed by atoms with Crippen molar-refractivity contribution in [3.8, 4) is 0 Å². The number of hydrogen-bond donors (Lipinski definition) is 1. The molecule has 3 rings (SSSR count). The van der Waals surface area contributed by atoms with Gasteiger partial charge in [-0.25, -0.2) is 9.67 Å². The van der Waals surface area contributed by atoms with Gasteiger partial charge in [0.2, 0.25) is 0 Å². The summed E-state index contributed by atoms with van der Waals surface area (Å²) in [5.41, 5.74) is 0.845. The van der Waals surface area contributed by atoms with E-state index in [0.717, 1.165) is 0 Å². The van der Waals surface area contributed by atoms with Crippen LogP contribution in [-0.4, -0.2) is 40.0 Å². The lowest BCUT2D eigenvalue weighted by Gasteiger charge is -2.01. The summed E-state index contributed by atoms with van der Waals surface area (Å²) >= 11 is 0.